The second-order valence-corrected chi connectivity index (χ2v) is 6.51. The molecule has 0 bridgehead atoms. The normalized spacial score (nSPS) is 18.5. The predicted octanol–water partition coefficient (Wildman–Crippen LogP) is 3.05. The van der Waals surface area contributed by atoms with Crippen LogP contribution >= 0.6 is 11.3 Å². The van der Waals surface area contributed by atoms with Gasteiger partial charge < -0.3 is 5.32 Å². The van der Waals surface area contributed by atoms with Crippen LogP contribution in [0.2, 0.25) is 0 Å². The first kappa shape index (κ1) is 14.5. The van der Waals surface area contributed by atoms with E-state index >= 15 is 0 Å². The van der Waals surface area contributed by atoms with Crippen LogP contribution in [0, 0.1) is 5.92 Å². The molecule has 2 heterocycles. The quantitative estimate of drug-likeness (QED) is 0.899. The molecule has 1 aromatic rings. The molecule has 0 spiro atoms. The summed E-state index contributed by atoms with van der Waals surface area (Å²) in [5, 5.41) is 5.22. The Balaban J connectivity index is 2.00. The number of carbonyl (C=O) groups excluding carboxylic acids is 1. The Labute approximate surface area is 120 Å². The minimum Gasteiger partial charge on any atom is -0.354 e. The monoisotopic (exact) mass is 280 g/mol. The first-order valence-electron chi connectivity index (χ1n) is 7.23. The molecule has 1 N–H and O–H groups in total. The molecule has 106 valence electrons. The van der Waals surface area contributed by atoms with Gasteiger partial charge in [-0.05, 0) is 37.4 Å². The van der Waals surface area contributed by atoms with Gasteiger partial charge in [0.25, 0.3) is 0 Å². The SMILES string of the molecule is CC(C)C(=O)NC[C@H](c1cccs1)N1CCCCC1. The van der Waals surface area contributed by atoms with Crippen molar-refractivity contribution in [3.05, 3.63) is 22.4 Å². The highest BCUT2D eigenvalue weighted by Crippen LogP contribution is 2.27. The van der Waals surface area contributed by atoms with Crippen LogP contribution in [0.3, 0.4) is 0 Å². The Morgan fingerprint density at radius 2 is 2.11 bits per heavy atom. The lowest BCUT2D eigenvalue weighted by molar-refractivity contribution is -0.124. The van der Waals surface area contributed by atoms with E-state index in [-0.39, 0.29) is 11.8 Å². The smallest absolute Gasteiger partial charge is 0.222 e. The highest BCUT2D eigenvalue weighted by molar-refractivity contribution is 7.10. The summed E-state index contributed by atoms with van der Waals surface area (Å²) < 4.78 is 0. The molecule has 1 saturated heterocycles. The van der Waals surface area contributed by atoms with Crippen molar-refractivity contribution in [1.29, 1.82) is 0 Å². The maximum atomic E-state index is 11.8. The maximum Gasteiger partial charge on any atom is 0.222 e. The average Bonchev–Trinajstić information content (AvgIpc) is 2.94. The number of piperidine rings is 1. The Hall–Kier alpha value is -0.870. The van der Waals surface area contributed by atoms with Crippen molar-refractivity contribution in [3.63, 3.8) is 0 Å². The highest BCUT2D eigenvalue weighted by Gasteiger charge is 2.23. The molecular formula is C15H24N2OS. The van der Waals surface area contributed by atoms with Crippen LogP contribution in [0.1, 0.15) is 44.0 Å². The molecule has 0 saturated carbocycles. The molecule has 1 amide bonds. The summed E-state index contributed by atoms with van der Waals surface area (Å²) in [7, 11) is 0. The van der Waals surface area contributed by atoms with Gasteiger partial charge in [0, 0.05) is 17.3 Å². The lowest BCUT2D eigenvalue weighted by Gasteiger charge is -2.34. The maximum absolute atomic E-state index is 11.8. The topological polar surface area (TPSA) is 32.3 Å². The number of carbonyl (C=O) groups is 1. The van der Waals surface area contributed by atoms with E-state index in [0.29, 0.717) is 6.04 Å². The summed E-state index contributed by atoms with van der Waals surface area (Å²) in [6.07, 6.45) is 3.89. The zero-order chi connectivity index (χ0) is 13.7. The molecule has 19 heavy (non-hydrogen) atoms. The molecule has 3 nitrogen and oxygen atoms in total. The summed E-state index contributed by atoms with van der Waals surface area (Å²) >= 11 is 1.79. The molecule has 0 aromatic carbocycles. The molecule has 1 atom stereocenters. The van der Waals surface area contributed by atoms with E-state index in [9.17, 15) is 4.79 Å². The lowest BCUT2D eigenvalue weighted by Crippen LogP contribution is -2.41. The van der Waals surface area contributed by atoms with Crippen LogP contribution in [0.25, 0.3) is 0 Å². The van der Waals surface area contributed by atoms with Gasteiger partial charge in [0.05, 0.1) is 6.04 Å². The van der Waals surface area contributed by atoms with Gasteiger partial charge in [-0.2, -0.15) is 0 Å². The summed E-state index contributed by atoms with van der Waals surface area (Å²) in [4.78, 5) is 15.7. The summed E-state index contributed by atoms with van der Waals surface area (Å²) in [5.74, 6) is 0.212. The van der Waals surface area contributed by atoms with Crippen LogP contribution in [0.15, 0.2) is 17.5 Å². The van der Waals surface area contributed by atoms with Gasteiger partial charge in [-0.25, -0.2) is 0 Å². The largest absolute Gasteiger partial charge is 0.354 e. The second kappa shape index (κ2) is 7.06. The van der Waals surface area contributed by atoms with Crippen LogP contribution in [0.4, 0.5) is 0 Å². The average molecular weight is 280 g/mol. The van der Waals surface area contributed by atoms with E-state index in [4.69, 9.17) is 0 Å². The highest BCUT2D eigenvalue weighted by atomic mass is 32.1. The molecule has 1 fully saturated rings. The van der Waals surface area contributed by atoms with E-state index in [1.165, 1.54) is 24.1 Å². The van der Waals surface area contributed by atoms with Crippen molar-refractivity contribution < 1.29 is 4.79 Å². The van der Waals surface area contributed by atoms with Crippen molar-refractivity contribution in [1.82, 2.24) is 10.2 Å². The van der Waals surface area contributed by atoms with Crippen LogP contribution in [0.5, 0.6) is 0 Å². The van der Waals surface area contributed by atoms with Gasteiger partial charge >= 0.3 is 0 Å². The minimum atomic E-state index is 0.0605. The fourth-order valence-corrected chi connectivity index (χ4v) is 3.38. The van der Waals surface area contributed by atoms with Crippen molar-refractivity contribution in [2.45, 2.75) is 39.2 Å². The summed E-state index contributed by atoms with van der Waals surface area (Å²) in [6.45, 7) is 6.92. The van der Waals surface area contributed by atoms with E-state index in [0.717, 1.165) is 19.6 Å². The third kappa shape index (κ3) is 4.05. The van der Waals surface area contributed by atoms with E-state index in [1.54, 1.807) is 11.3 Å². The molecule has 1 aromatic heterocycles. The van der Waals surface area contributed by atoms with Gasteiger partial charge in [-0.3, -0.25) is 9.69 Å². The minimum absolute atomic E-state index is 0.0605. The standard InChI is InChI=1S/C15H24N2OS/c1-12(2)15(18)16-11-13(14-7-6-10-19-14)17-8-4-3-5-9-17/h6-7,10,12-13H,3-5,8-9,11H2,1-2H3,(H,16,18)/t13-/m1/s1. The van der Waals surface area contributed by atoms with Crippen molar-refractivity contribution in [2.75, 3.05) is 19.6 Å². The number of likely N-dealkylation sites (tertiary alicyclic amines) is 1. The van der Waals surface area contributed by atoms with Gasteiger partial charge in [0.2, 0.25) is 5.91 Å². The van der Waals surface area contributed by atoms with Crippen molar-refractivity contribution in [2.24, 2.45) is 5.92 Å². The van der Waals surface area contributed by atoms with Crippen molar-refractivity contribution >= 4 is 17.2 Å². The number of amides is 1. The molecule has 0 unspecified atom stereocenters. The second-order valence-electron chi connectivity index (χ2n) is 5.53. The Morgan fingerprint density at radius 1 is 1.37 bits per heavy atom. The third-order valence-corrected chi connectivity index (χ3v) is 4.67. The van der Waals surface area contributed by atoms with Gasteiger partial charge in [-0.15, -0.1) is 11.3 Å². The number of thiophene rings is 1. The van der Waals surface area contributed by atoms with Crippen LogP contribution < -0.4 is 5.32 Å². The number of hydrogen-bond donors (Lipinski definition) is 1. The Kier molecular flexibility index (Phi) is 5.40. The lowest BCUT2D eigenvalue weighted by atomic mass is 10.1. The zero-order valence-corrected chi connectivity index (χ0v) is 12.7. The number of nitrogens with zero attached hydrogens (tertiary/aromatic N) is 1. The zero-order valence-electron chi connectivity index (χ0n) is 11.9. The first-order chi connectivity index (χ1) is 9.18. The predicted molar refractivity (Wildman–Crippen MR) is 80.3 cm³/mol. The van der Waals surface area contributed by atoms with E-state index in [1.807, 2.05) is 13.8 Å². The Morgan fingerprint density at radius 3 is 2.68 bits per heavy atom. The molecule has 4 heteroatoms. The van der Waals surface area contributed by atoms with Crippen LogP contribution in [-0.4, -0.2) is 30.4 Å². The number of rotatable bonds is 5. The fraction of sp³-hybridized carbons (Fsp3) is 0.667. The first-order valence-corrected chi connectivity index (χ1v) is 8.11. The molecular weight excluding hydrogens is 256 g/mol. The molecule has 1 aliphatic heterocycles. The van der Waals surface area contributed by atoms with Gasteiger partial charge in [0.1, 0.15) is 0 Å². The fourth-order valence-electron chi connectivity index (χ4n) is 2.52. The molecule has 0 radical (unpaired) electrons. The van der Waals surface area contributed by atoms with Gasteiger partial charge in [0.15, 0.2) is 0 Å². The van der Waals surface area contributed by atoms with E-state index in [2.05, 4.69) is 27.7 Å². The van der Waals surface area contributed by atoms with Crippen molar-refractivity contribution in [3.8, 4) is 0 Å². The molecule has 0 aliphatic carbocycles. The van der Waals surface area contributed by atoms with Crippen LogP contribution in [-0.2, 0) is 4.79 Å². The number of nitrogens with one attached hydrogen (secondary N) is 1. The number of hydrogen-bond acceptors (Lipinski definition) is 3. The summed E-state index contributed by atoms with van der Waals surface area (Å²) in [6, 6.07) is 4.63. The molecule has 2 rings (SSSR count). The third-order valence-electron chi connectivity index (χ3n) is 3.70. The van der Waals surface area contributed by atoms with E-state index < -0.39 is 0 Å². The van der Waals surface area contributed by atoms with Gasteiger partial charge in [-0.1, -0.05) is 26.3 Å². The molecule has 1 aliphatic rings. The summed E-state index contributed by atoms with van der Waals surface area (Å²) in [5.41, 5.74) is 0. The Bertz CT molecular complexity index is 383.